The Morgan fingerprint density at radius 1 is 1.35 bits per heavy atom. The van der Waals surface area contributed by atoms with Gasteiger partial charge in [-0.2, -0.15) is 0 Å². The summed E-state index contributed by atoms with van der Waals surface area (Å²) in [5.74, 6) is 0. The van der Waals surface area contributed by atoms with E-state index in [1.165, 1.54) is 0 Å². The van der Waals surface area contributed by atoms with Crippen molar-refractivity contribution in [2.45, 2.75) is 37.2 Å². The molecule has 6 heteroatoms. The first-order chi connectivity index (χ1) is 9.47. The van der Waals surface area contributed by atoms with Crippen LogP contribution >= 0.6 is 0 Å². The Morgan fingerprint density at radius 2 is 2.10 bits per heavy atom. The number of hydrogen-bond donors (Lipinski definition) is 2. The van der Waals surface area contributed by atoms with Crippen LogP contribution in [0.1, 0.15) is 25.8 Å². The third kappa shape index (κ3) is 3.58. The minimum absolute atomic E-state index is 0.342. The van der Waals surface area contributed by atoms with Crippen molar-refractivity contribution in [2.24, 2.45) is 0 Å². The fourth-order valence-corrected chi connectivity index (χ4v) is 3.96. The summed E-state index contributed by atoms with van der Waals surface area (Å²) >= 11 is 0. The molecule has 1 aromatic carbocycles. The zero-order chi connectivity index (χ0) is 14.6. The molecule has 0 bridgehead atoms. The lowest BCUT2D eigenvalue weighted by Crippen LogP contribution is -2.46. The first-order valence-corrected chi connectivity index (χ1v) is 8.35. The quantitative estimate of drug-likeness (QED) is 0.829. The Labute approximate surface area is 120 Å². The van der Waals surface area contributed by atoms with E-state index in [0.717, 1.165) is 12.1 Å². The summed E-state index contributed by atoms with van der Waals surface area (Å²) in [4.78, 5) is 0.342. The van der Waals surface area contributed by atoms with E-state index in [0.29, 0.717) is 31.1 Å². The lowest BCUT2D eigenvalue weighted by molar-refractivity contribution is 0.178. The van der Waals surface area contributed by atoms with Crippen molar-refractivity contribution in [1.29, 1.82) is 0 Å². The largest absolute Gasteiger partial charge is 0.379 e. The number of ether oxygens (including phenoxy) is 1. The molecule has 0 saturated carbocycles. The van der Waals surface area contributed by atoms with Gasteiger partial charge in [-0.15, -0.1) is 0 Å². The summed E-state index contributed by atoms with van der Waals surface area (Å²) in [7, 11) is -3.53. The predicted octanol–water partition coefficient (Wildman–Crippen LogP) is 1.25. The standard InChI is InChI=1S/C14H22N2O3S/c1-3-15-10-12-6-4-5-7-13(12)20(17,18)16-14(2)8-9-19-11-14/h4-7,15-16H,3,8-11H2,1-2H3. The van der Waals surface area contributed by atoms with Crippen LogP contribution in [0.25, 0.3) is 0 Å². The highest BCUT2D eigenvalue weighted by atomic mass is 32.2. The molecule has 20 heavy (non-hydrogen) atoms. The number of benzene rings is 1. The van der Waals surface area contributed by atoms with Crippen molar-refractivity contribution in [3.63, 3.8) is 0 Å². The van der Waals surface area contributed by atoms with E-state index < -0.39 is 15.6 Å². The molecule has 1 fully saturated rings. The second-order valence-electron chi connectivity index (χ2n) is 5.36. The van der Waals surface area contributed by atoms with Gasteiger partial charge in [0, 0.05) is 13.2 Å². The molecule has 1 aliphatic heterocycles. The lowest BCUT2D eigenvalue weighted by atomic mass is 10.0. The Balaban J connectivity index is 2.24. The molecule has 0 aliphatic carbocycles. The van der Waals surface area contributed by atoms with Crippen molar-refractivity contribution >= 4 is 10.0 Å². The highest BCUT2D eigenvalue weighted by Crippen LogP contribution is 2.23. The van der Waals surface area contributed by atoms with E-state index in [-0.39, 0.29) is 0 Å². The van der Waals surface area contributed by atoms with E-state index in [1.807, 2.05) is 26.0 Å². The predicted molar refractivity (Wildman–Crippen MR) is 78.0 cm³/mol. The van der Waals surface area contributed by atoms with Crippen LogP contribution in [0.4, 0.5) is 0 Å². The van der Waals surface area contributed by atoms with Gasteiger partial charge in [0.1, 0.15) is 0 Å². The normalized spacial score (nSPS) is 23.1. The molecular weight excluding hydrogens is 276 g/mol. The van der Waals surface area contributed by atoms with Gasteiger partial charge in [0.05, 0.1) is 17.0 Å². The summed E-state index contributed by atoms with van der Waals surface area (Å²) in [5, 5.41) is 3.16. The summed E-state index contributed by atoms with van der Waals surface area (Å²) in [6, 6.07) is 7.09. The maximum atomic E-state index is 12.6. The van der Waals surface area contributed by atoms with Crippen LogP contribution in [0.15, 0.2) is 29.2 Å². The molecule has 1 aliphatic rings. The van der Waals surface area contributed by atoms with Gasteiger partial charge in [-0.05, 0) is 31.5 Å². The average Bonchev–Trinajstić information content (AvgIpc) is 2.82. The first-order valence-electron chi connectivity index (χ1n) is 6.87. The Hall–Kier alpha value is -0.950. The molecule has 1 saturated heterocycles. The molecule has 2 N–H and O–H groups in total. The van der Waals surface area contributed by atoms with Crippen molar-refractivity contribution in [3.05, 3.63) is 29.8 Å². The lowest BCUT2D eigenvalue weighted by Gasteiger charge is -2.24. The molecule has 0 amide bonds. The SMILES string of the molecule is CCNCc1ccccc1S(=O)(=O)NC1(C)CCOC1. The molecule has 112 valence electrons. The van der Waals surface area contributed by atoms with E-state index in [1.54, 1.807) is 12.1 Å². The summed E-state index contributed by atoms with van der Waals surface area (Å²) < 4.78 is 33.2. The molecule has 5 nitrogen and oxygen atoms in total. The smallest absolute Gasteiger partial charge is 0.241 e. The van der Waals surface area contributed by atoms with Crippen molar-refractivity contribution < 1.29 is 13.2 Å². The second kappa shape index (κ2) is 6.22. The van der Waals surface area contributed by atoms with Gasteiger partial charge in [0.25, 0.3) is 0 Å². The Kier molecular flexibility index (Phi) is 4.80. The topological polar surface area (TPSA) is 67.4 Å². The molecule has 0 spiro atoms. The van der Waals surface area contributed by atoms with E-state index in [2.05, 4.69) is 10.0 Å². The van der Waals surface area contributed by atoms with Gasteiger partial charge in [-0.1, -0.05) is 25.1 Å². The zero-order valence-electron chi connectivity index (χ0n) is 12.0. The van der Waals surface area contributed by atoms with Crippen molar-refractivity contribution in [3.8, 4) is 0 Å². The van der Waals surface area contributed by atoms with Crippen LogP contribution in [0, 0.1) is 0 Å². The summed E-state index contributed by atoms with van der Waals surface area (Å²) in [6.45, 7) is 6.23. The van der Waals surface area contributed by atoms with Crippen LogP contribution in [0.3, 0.4) is 0 Å². The van der Waals surface area contributed by atoms with Crippen LogP contribution in [-0.2, 0) is 21.3 Å². The van der Waals surface area contributed by atoms with E-state index in [4.69, 9.17) is 4.74 Å². The molecule has 1 unspecified atom stereocenters. The number of nitrogens with one attached hydrogen (secondary N) is 2. The summed E-state index contributed by atoms with van der Waals surface area (Å²) in [5.41, 5.74) is 0.272. The van der Waals surface area contributed by atoms with Crippen molar-refractivity contribution in [1.82, 2.24) is 10.0 Å². The number of sulfonamides is 1. The highest BCUT2D eigenvalue weighted by molar-refractivity contribution is 7.89. The minimum Gasteiger partial charge on any atom is -0.379 e. The first kappa shape index (κ1) is 15.4. The molecule has 1 atom stereocenters. The monoisotopic (exact) mass is 298 g/mol. The molecule has 1 heterocycles. The number of rotatable bonds is 6. The van der Waals surface area contributed by atoms with Gasteiger partial charge < -0.3 is 10.1 Å². The van der Waals surface area contributed by atoms with Crippen LogP contribution in [-0.4, -0.2) is 33.7 Å². The van der Waals surface area contributed by atoms with E-state index >= 15 is 0 Å². The van der Waals surface area contributed by atoms with Crippen LogP contribution in [0.5, 0.6) is 0 Å². The zero-order valence-corrected chi connectivity index (χ0v) is 12.8. The van der Waals surface area contributed by atoms with Gasteiger partial charge in [0.2, 0.25) is 10.0 Å². The molecule has 2 rings (SSSR count). The second-order valence-corrected chi connectivity index (χ2v) is 7.01. The summed E-state index contributed by atoms with van der Waals surface area (Å²) in [6.07, 6.45) is 0.696. The molecule has 0 radical (unpaired) electrons. The number of hydrogen-bond acceptors (Lipinski definition) is 4. The molecule has 0 aromatic heterocycles. The third-order valence-electron chi connectivity index (χ3n) is 3.43. The average molecular weight is 298 g/mol. The van der Waals surface area contributed by atoms with Gasteiger partial charge >= 0.3 is 0 Å². The van der Waals surface area contributed by atoms with Crippen LogP contribution in [0.2, 0.25) is 0 Å². The molecule has 1 aromatic rings. The third-order valence-corrected chi connectivity index (χ3v) is 5.17. The van der Waals surface area contributed by atoms with E-state index in [9.17, 15) is 8.42 Å². The maximum Gasteiger partial charge on any atom is 0.241 e. The highest BCUT2D eigenvalue weighted by Gasteiger charge is 2.35. The van der Waals surface area contributed by atoms with Gasteiger partial charge in [-0.3, -0.25) is 0 Å². The molecular formula is C14H22N2O3S. The Morgan fingerprint density at radius 3 is 2.75 bits per heavy atom. The maximum absolute atomic E-state index is 12.6. The fraction of sp³-hybridized carbons (Fsp3) is 0.571. The van der Waals surface area contributed by atoms with Gasteiger partial charge in [-0.25, -0.2) is 13.1 Å². The van der Waals surface area contributed by atoms with Crippen molar-refractivity contribution in [2.75, 3.05) is 19.8 Å². The Bertz CT molecular complexity index is 551. The van der Waals surface area contributed by atoms with Gasteiger partial charge in [0.15, 0.2) is 0 Å². The fourth-order valence-electron chi connectivity index (χ4n) is 2.30. The minimum atomic E-state index is -3.53. The van der Waals surface area contributed by atoms with Crippen LogP contribution < -0.4 is 10.0 Å².